The second-order valence-electron chi connectivity index (χ2n) is 13.2. The molecule has 0 radical (unpaired) electrons. The van der Waals surface area contributed by atoms with Crippen LogP contribution >= 0.6 is 0 Å². The summed E-state index contributed by atoms with van der Waals surface area (Å²) in [5.41, 5.74) is 1.41. The van der Waals surface area contributed by atoms with E-state index < -0.39 is 26.9 Å². The molecule has 0 aromatic carbocycles. The van der Waals surface area contributed by atoms with Crippen LogP contribution in [0, 0.1) is 46.3 Å². The smallest absolute Gasteiger partial charge is 0.264 e. The number of allylic oxidation sites excluding steroid dienone is 1. The monoisotopic (exact) mass is 562 g/mol. The molecule has 214 valence electrons. The van der Waals surface area contributed by atoms with Gasteiger partial charge in [0.2, 0.25) is 0 Å². The minimum absolute atomic E-state index is 0.0200. The minimum Gasteiger partial charge on any atom is -0.264 e. The van der Waals surface area contributed by atoms with Crippen LogP contribution in [-0.4, -0.2) is 38.7 Å². The van der Waals surface area contributed by atoms with E-state index in [1.54, 1.807) is 0 Å². The van der Waals surface area contributed by atoms with E-state index >= 15 is 0 Å². The molecule has 8 atom stereocenters. The molecule has 3 fully saturated rings. The van der Waals surface area contributed by atoms with Gasteiger partial charge in [-0.2, -0.15) is 16.8 Å². The maximum absolute atomic E-state index is 11.4. The highest BCUT2D eigenvalue weighted by Gasteiger charge is 2.59. The summed E-state index contributed by atoms with van der Waals surface area (Å²) in [7, 11) is -8.92. The lowest BCUT2D eigenvalue weighted by molar-refractivity contribution is -0.0605. The number of rotatable bonds is 10. The van der Waals surface area contributed by atoms with Crippen LogP contribution in [-0.2, 0) is 29.2 Å². The second kappa shape index (κ2) is 10.8. The first-order valence-corrected chi connectivity index (χ1v) is 16.8. The Labute approximate surface area is 223 Å². The van der Waals surface area contributed by atoms with Crippen molar-refractivity contribution in [3.63, 3.8) is 0 Å². The Kier molecular flexibility index (Phi) is 8.60. The largest absolute Gasteiger partial charge is 0.397 e. The van der Waals surface area contributed by atoms with E-state index in [4.69, 9.17) is 12.9 Å². The van der Waals surface area contributed by atoms with Crippen molar-refractivity contribution >= 4 is 20.8 Å². The standard InChI is InChI=1S/C27H46O8S2/c1-18(2)6-5-7-19(17-34-36(28,29)30)23-10-11-24-22-9-8-20-16-21(35-37(31,32)33)12-14-26(20,3)25(22)13-15-27(23,24)4/h8,18-19,21-25H,5-7,9-17H2,1-4H3,(H,28,29,30)(H,31,32,33)/t19-,21+,22+,23+,24-,25-,26-,27+/m0/s1. The normalized spacial score (nSPS) is 39.0. The van der Waals surface area contributed by atoms with E-state index in [9.17, 15) is 21.4 Å². The molecule has 0 heterocycles. The minimum atomic E-state index is -4.47. The summed E-state index contributed by atoms with van der Waals surface area (Å²) in [5, 5.41) is 0. The van der Waals surface area contributed by atoms with Gasteiger partial charge in [0.05, 0.1) is 12.7 Å². The summed E-state index contributed by atoms with van der Waals surface area (Å²) in [6.45, 7) is 9.20. The van der Waals surface area contributed by atoms with E-state index in [-0.39, 0.29) is 23.4 Å². The Morgan fingerprint density at radius 2 is 1.70 bits per heavy atom. The van der Waals surface area contributed by atoms with E-state index in [1.165, 1.54) is 5.57 Å². The molecule has 3 saturated carbocycles. The molecule has 4 rings (SSSR count). The van der Waals surface area contributed by atoms with Gasteiger partial charge in [0, 0.05) is 0 Å². The number of hydrogen-bond acceptors (Lipinski definition) is 6. The lowest BCUT2D eigenvalue weighted by Crippen LogP contribution is -2.51. The first kappa shape index (κ1) is 29.5. The van der Waals surface area contributed by atoms with Crippen LogP contribution in [0.3, 0.4) is 0 Å². The lowest BCUT2D eigenvalue weighted by atomic mass is 9.47. The fourth-order valence-electron chi connectivity index (χ4n) is 9.06. The molecule has 10 heteroatoms. The first-order valence-electron chi connectivity index (χ1n) is 14.1. The van der Waals surface area contributed by atoms with Crippen molar-refractivity contribution in [1.82, 2.24) is 0 Å². The third-order valence-electron chi connectivity index (χ3n) is 10.7. The van der Waals surface area contributed by atoms with E-state index in [0.717, 1.165) is 57.8 Å². The zero-order chi connectivity index (χ0) is 27.2. The Hall–Kier alpha value is -0.520. The Balaban J connectivity index is 1.52. The Morgan fingerprint density at radius 1 is 0.973 bits per heavy atom. The van der Waals surface area contributed by atoms with Gasteiger partial charge in [0.25, 0.3) is 0 Å². The van der Waals surface area contributed by atoms with Gasteiger partial charge in [0.15, 0.2) is 0 Å². The highest BCUT2D eigenvalue weighted by molar-refractivity contribution is 7.81. The summed E-state index contributed by atoms with van der Waals surface area (Å²) in [4.78, 5) is 0. The van der Waals surface area contributed by atoms with Gasteiger partial charge in [-0.25, -0.2) is 8.37 Å². The lowest BCUT2D eigenvalue weighted by Gasteiger charge is -2.58. The number of hydrogen-bond donors (Lipinski definition) is 2. The van der Waals surface area contributed by atoms with Crippen LogP contribution in [0.25, 0.3) is 0 Å². The highest BCUT2D eigenvalue weighted by Crippen LogP contribution is 2.67. The molecule has 0 bridgehead atoms. The molecule has 4 aliphatic rings. The van der Waals surface area contributed by atoms with Crippen LogP contribution < -0.4 is 0 Å². The van der Waals surface area contributed by atoms with Crippen molar-refractivity contribution in [2.24, 2.45) is 46.3 Å². The van der Waals surface area contributed by atoms with Crippen LogP contribution in [0.15, 0.2) is 11.6 Å². The van der Waals surface area contributed by atoms with Gasteiger partial charge >= 0.3 is 20.8 Å². The average Bonchev–Trinajstić information content (AvgIpc) is 3.11. The molecule has 0 aromatic heterocycles. The molecular weight excluding hydrogens is 516 g/mol. The molecule has 0 aromatic rings. The van der Waals surface area contributed by atoms with E-state index in [0.29, 0.717) is 42.4 Å². The SMILES string of the molecule is CC(C)CCC[C@@H](COS(=O)(=O)O)[C@H]1CC[C@H]2[C@H]3CC=C4C[C@H](OS(=O)(=O)O)CC[C@]4(C)[C@H]3CC[C@]12C. The van der Waals surface area contributed by atoms with Crippen LogP contribution in [0.4, 0.5) is 0 Å². The van der Waals surface area contributed by atoms with Crippen LogP contribution in [0.5, 0.6) is 0 Å². The van der Waals surface area contributed by atoms with Gasteiger partial charge in [0.1, 0.15) is 0 Å². The molecule has 8 nitrogen and oxygen atoms in total. The molecule has 0 amide bonds. The maximum atomic E-state index is 11.4. The zero-order valence-corrected chi connectivity index (χ0v) is 24.4. The van der Waals surface area contributed by atoms with Gasteiger partial charge in [-0.1, -0.05) is 52.2 Å². The first-order chi connectivity index (χ1) is 17.1. The van der Waals surface area contributed by atoms with Crippen LogP contribution in [0.1, 0.15) is 98.3 Å². The molecule has 0 saturated heterocycles. The maximum Gasteiger partial charge on any atom is 0.397 e. The Morgan fingerprint density at radius 3 is 2.35 bits per heavy atom. The predicted octanol–water partition coefficient (Wildman–Crippen LogP) is 6.02. The van der Waals surface area contributed by atoms with Crippen molar-refractivity contribution in [3.05, 3.63) is 11.6 Å². The molecule has 0 unspecified atom stereocenters. The summed E-state index contributed by atoms with van der Waals surface area (Å²) in [6, 6.07) is 0. The van der Waals surface area contributed by atoms with Crippen molar-refractivity contribution in [2.45, 2.75) is 104 Å². The fraction of sp³-hybridized carbons (Fsp3) is 0.926. The van der Waals surface area contributed by atoms with Gasteiger partial charge < -0.3 is 0 Å². The third kappa shape index (κ3) is 6.46. The van der Waals surface area contributed by atoms with Crippen molar-refractivity contribution in [3.8, 4) is 0 Å². The molecule has 2 N–H and O–H groups in total. The molecule has 0 aliphatic heterocycles. The van der Waals surface area contributed by atoms with Crippen molar-refractivity contribution in [1.29, 1.82) is 0 Å². The quantitative estimate of drug-likeness (QED) is 0.245. The van der Waals surface area contributed by atoms with E-state index in [1.807, 2.05) is 0 Å². The summed E-state index contributed by atoms with van der Waals surface area (Å²) in [5.74, 6) is 2.69. The Bertz CT molecular complexity index is 1070. The predicted molar refractivity (Wildman–Crippen MR) is 141 cm³/mol. The van der Waals surface area contributed by atoms with Crippen molar-refractivity contribution < 1.29 is 34.3 Å². The fourth-order valence-corrected chi connectivity index (χ4v) is 9.91. The summed E-state index contributed by atoms with van der Waals surface area (Å²) in [6.07, 6.45) is 12.2. The second-order valence-corrected chi connectivity index (χ2v) is 15.3. The number of fused-ring (bicyclic) bond motifs is 5. The molecule has 4 aliphatic carbocycles. The van der Waals surface area contributed by atoms with Crippen molar-refractivity contribution in [2.75, 3.05) is 6.61 Å². The van der Waals surface area contributed by atoms with E-state index in [2.05, 4.69) is 33.8 Å². The van der Waals surface area contributed by atoms with Gasteiger partial charge in [-0.3, -0.25) is 9.11 Å². The van der Waals surface area contributed by atoms with Crippen LogP contribution in [0.2, 0.25) is 0 Å². The topological polar surface area (TPSA) is 127 Å². The van der Waals surface area contributed by atoms with Gasteiger partial charge in [-0.05, 0) is 104 Å². The highest BCUT2D eigenvalue weighted by atomic mass is 32.3. The third-order valence-corrected chi connectivity index (χ3v) is 11.7. The molecular formula is C27H46O8S2. The average molecular weight is 563 g/mol. The zero-order valence-electron chi connectivity index (χ0n) is 22.8. The summed E-state index contributed by atoms with van der Waals surface area (Å²) >= 11 is 0. The van der Waals surface area contributed by atoms with Gasteiger partial charge in [-0.15, -0.1) is 0 Å². The molecule has 37 heavy (non-hydrogen) atoms. The summed E-state index contributed by atoms with van der Waals surface area (Å²) < 4.78 is 73.7. The molecule has 0 spiro atoms.